The van der Waals surface area contributed by atoms with Gasteiger partial charge in [-0.1, -0.05) is 47.8 Å². The van der Waals surface area contributed by atoms with Gasteiger partial charge in [-0.15, -0.1) is 0 Å². The monoisotopic (exact) mass is 277 g/mol. The first-order chi connectivity index (χ1) is 9.77. The molecule has 4 heteroatoms. The van der Waals surface area contributed by atoms with E-state index in [-0.39, 0.29) is 0 Å². The van der Waals surface area contributed by atoms with Crippen molar-refractivity contribution in [1.82, 2.24) is 0 Å². The highest BCUT2D eigenvalue weighted by Crippen LogP contribution is 2.12. The Morgan fingerprint density at radius 3 is 2.35 bits per heavy atom. The molecule has 0 saturated heterocycles. The molecular formula is C16H27N3O. The van der Waals surface area contributed by atoms with Gasteiger partial charge in [-0.25, -0.2) is 0 Å². The minimum Gasteiger partial charge on any atom is -0.394 e. The van der Waals surface area contributed by atoms with Crippen molar-refractivity contribution >= 4 is 5.71 Å². The minimum atomic E-state index is 0.461. The maximum absolute atomic E-state index is 5.50. The number of benzene rings is 1. The summed E-state index contributed by atoms with van der Waals surface area (Å²) in [7, 11) is 0. The Morgan fingerprint density at radius 1 is 1.00 bits per heavy atom. The summed E-state index contributed by atoms with van der Waals surface area (Å²) < 4.78 is 0. The van der Waals surface area contributed by atoms with Crippen LogP contribution in [0.5, 0.6) is 0 Å². The van der Waals surface area contributed by atoms with E-state index < -0.39 is 0 Å². The summed E-state index contributed by atoms with van der Waals surface area (Å²) in [4.78, 5) is 5.25. The van der Waals surface area contributed by atoms with Crippen molar-refractivity contribution in [2.45, 2.75) is 39.0 Å². The fourth-order valence-electron chi connectivity index (χ4n) is 1.96. The quantitative estimate of drug-likeness (QED) is 0.392. The molecule has 4 nitrogen and oxygen atoms in total. The average molecular weight is 277 g/mol. The molecule has 1 aromatic carbocycles. The van der Waals surface area contributed by atoms with Crippen LogP contribution >= 0.6 is 0 Å². The molecule has 0 aromatic heterocycles. The van der Waals surface area contributed by atoms with Gasteiger partial charge in [0.2, 0.25) is 0 Å². The van der Waals surface area contributed by atoms with Crippen LogP contribution in [0.3, 0.4) is 0 Å². The lowest BCUT2D eigenvalue weighted by Gasteiger charge is -2.07. The highest BCUT2D eigenvalue weighted by molar-refractivity contribution is 6.00. The molecule has 1 rings (SSSR count). The van der Waals surface area contributed by atoms with Crippen LogP contribution in [0.1, 0.15) is 43.2 Å². The van der Waals surface area contributed by atoms with Crippen LogP contribution in [0.2, 0.25) is 0 Å². The highest BCUT2D eigenvalue weighted by Gasteiger charge is 2.04. The van der Waals surface area contributed by atoms with E-state index in [1.807, 2.05) is 0 Å². The largest absolute Gasteiger partial charge is 0.394 e. The molecule has 0 heterocycles. The number of rotatable bonds is 10. The first-order valence-corrected chi connectivity index (χ1v) is 7.44. The van der Waals surface area contributed by atoms with Crippen LogP contribution in [0.4, 0.5) is 0 Å². The van der Waals surface area contributed by atoms with Gasteiger partial charge < -0.3 is 16.3 Å². The van der Waals surface area contributed by atoms with E-state index in [9.17, 15) is 0 Å². The second kappa shape index (κ2) is 10.4. The predicted molar refractivity (Wildman–Crippen MR) is 84.9 cm³/mol. The third-order valence-corrected chi connectivity index (χ3v) is 3.14. The van der Waals surface area contributed by atoms with Gasteiger partial charge in [-0.2, -0.15) is 0 Å². The molecule has 20 heavy (non-hydrogen) atoms. The van der Waals surface area contributed by atoms with Gasteiger partial charge >= 0.3 is 0 Å². The van der Waals surface area contributed by atoms with Gasteiger partial charge in [0.25, 0.3) is 0 Å². The summed E-state index contributed by atoms with van der Waals surface area (Å²) >= 11 is 0. The SMILES string of the molecule is Cc1ccc(/C(CCCCCCN)=N/OCCN)cc1. The summed E-state index contributed by atoms with van der Waals surface area (Å²) in [6.45, 7) is 3.81. The molecule has 0 atom stereocenters. The van der Waals surface area contributed by atoms with E-state index in [0.29, 0.717) is 13.2 Å². The normalized spacial score (nSPS) is 11.7. The van der Waals surface area contributed by atoms with Crippen molar-refractivity contribution in [3.05, 3.63) is 35.4 Å². The Labute approximate surface area is 122 Å². The lowest BCUT2D eigenvalue weighted by atomic mass is 10.0. The van der Waals surface area contributed by atoms with Crippen molar-refractivity contribution in [3.8, 4) is 0 Å². The van der Waals surface area contributed by atoms with Crippen LogP contribution in [-0.4, -0.2) is 25.4 Å². The zero-order valence-electron chi connectivity index (χ0n) is 12.5. The zero-order chi connectivity index (χ0) is 14.6. The number of aryl methyl sites for hydroxylation is 1. The van der Waals surface area contributed by atoms with Crippen LogP contribution in [0.15, 0.2) is 29.4 Å². The van der Waals surface area contributed by atoms with Gasteiger partial charge in [0, 0.05) is 6.54 Å². The first-order valence-electron chi connectivity index (χ1n) is 7.44. The second-order valence-corrected chi connectivity index (χ2v) is 4.98. The smallest absolute Gasteiger partial charge is 0.129 e. The Kier molecular flexibility index (Phi) is 8.67. The van der Waals surface area contributed by atoms with Gasteiger partial charge in [0.1, 0.15) is 6.61 Å². The highest BCUT2D eigenvalue weighted by atomic mass is 16.6. The van der Waals surface area contributed by atoms with Crippen molar-refractivity contribution in [3.63, 3.8) is 0 Å². The molecule has 0 saturated carbocycles. The van der Waals surface area contributed by atoms with Crippen molar-refractivity contribution in [2.75, 3.05) is 19.7 Å². The molecule has 0 unspecified atom stereocenters. The maximum Gasteiger partial charge on any atom is 0.129 e. The number of hydrogen-bond donors (Lipinski definition) is 2. The van der Waals surface area contributed by atoms with Crippen LogP contribution < -0.4 is 11.5 Å². The van der Waals surface area contributed by atoms with Gasteiger partial charge in [-0.05, 0) is 38.3 Å². The van der Waals surface area contributed by atoms with E-state index in [1.54, 1.807) is 0 Å². The fraction of sp³-hybridized carbons (Fsp3) is 0.562. The Hall–Kier alpha value is -1.39. The van der Waals surface area contributed by atoms with Crippen LogP contribution in [-0.2, 0) is 4.84 Å². The third kappa shape index (κ3) is 6.68. The molecule has 1 aromatic rings. The van der Waals surface area contributed by atoms with Gasteiger partial charge in [0.05, 0.1) is 5.71 Å². The molecule has 0 bridgehead atoms. The van der Waals surface area contributed by atoms with Gasteiger partial charge in [0.15, 0.2) is 0 Å². The van der Waals surface area contributed by atoms with E-state index in [0.717, 1.165) is 37.1 Å². The Balaban J connectivity index is 2.56. The lowest BCUT2D eigenvalue weighted by Crippen LogP contribution is -2.08. The van der Waals surface area contributed by atoms with Crippen LogP contribution in [0, 0.1) is 6.92 Å². The predicted octanol–water partition coefficient (Wildman–Crippen LogP) is 2.58. The molecule has 0 aliphatic rings. The molecule has 0 radical (unpaired) electrons. The summed E-state index contributed by atoms with van der Waals surface area (Å²) in [6, 6.07) is 8.39. The number of nitrogens with two attached hydrogens (primary N) is 2. The number of hydrogen-bond acceptors (Lipinski definition) is 4. The third-order valence-electron chi connectivity index (χ3n) is 3.14. The standard InChI is InChI=1S/C16H27N3O/c1-14-7-9-15(10-8-14)16(19-20-13-12-18)6-4-2-3-5-11-17/h7-10H,2-6,11-13,17-18H2,1H3/b19-16+. The van der Waals surface area contributed by atoms with Crippen molar-refractivity contribution < 1.29 is 4.84 Å². The molecule has 0 fully saturated rings. The lowest BCUT2D eigenvalue weighted by molar-refractivity contribution is 0.151. The van der Waals surface area contributed by atoms with E-state index >= 15 is 0 Å². The first kappa shape index (κ1) is 16.7. The molecule has 0 spiro atoms. The minimum absolute atomic E-state index is 0.461. The summed E-state index contributed by atoms with van der Waals surface area (Å²) in [5, 5.41) is 4.24. The summed E-state index contributed by atoms with van der Waals surface area (Å²) in [5.74, 6) is 0. The van der Waals surface area contributed by atoms with E-state index in [2.05, 4.69) is 36.3 Å². The molecule has 0 aliphatic heterocycles. The Bertz CT molecular complexity index is 387. The fourth-order valence-corrected chi connectivity index (χ4v) is 1.96. The molecule has 0 aliphatic carbocycles. The molecular weight excluding hydrogens is 250 g/mol. The Morgan fingerprint density at radius 2 is 1.70 bits per heavy atom. The topological polar surface area (TPSA) is 73.6 Å². The zero-order valence-corrected chi connectivity index (χ0v) is 12.5. The maximum atomic E-state index is 5.50. The molecule has 112 valence electrons. The average Bonchev–Trinajstić information content (AvgIpc) is 2.46. The molecule has 0 amide bonds. The van der Waals surface area contributed by atoms with Crippen molar-refractivity contribution in [2.24, 2.45) is 16.6 Å². The van der Waals surface area contributed by atoms with Gasteiger partial charge in [-0.3, -0.25) is 0 Å². The summed E-state index contributed by atoms with van der Waals surface area (Å²) in [5.41, 5.74) is 14.3. The molecule has 4 N–H and O–H groups in total. The van der Waals surface area contributed by atoms with E-state index in [1.165, 1.54) is 18.4 Å². The number of unbranched alkanes of at least 4 members (excludes halogenated alkanes) is 3. The van der Waals surface area contributed by atoms with Crippen LogP contribution in [0.25, 0.3) is 0 Å². The van der Waals surface area contributed by atoms with Crippen molar-refractivity contribution in [1.29, 1.82) is 0 Å². The number of nitrogens with zero attached hydrogens (tertiary/aromatic N) is 1. The summed E-state index contributed by atoms with van der Waals surface area (Å²) in [6.07, 6.45) is 5.50. The second-order valence-electron chi connectivity index (χ2n) is 4.98. The van der Waals surface area contributed by atoms with E-state index in [4.69, 9.17) is 16.3 Å². The number of oxime groups is 1.